The van der Waals surface area contributed by atoms with Crippen molar-refractivity contribution in [1.82, 2.24) is 15.5 Å². The van der Waals surface area contributed by atoms with Gasteiger partial charge < -0.3 is 15.4 Å². The highest BCUT2D eigenvalue weighted by Gasteiger charge is 2.29. The normalized spacial score (nSPS) is 19.1. The molecule has 0 aliphatic carbocycles. The zero-order valence-corrected chi connectivity index (χ0v) is 18.6. The van der Waals surface area contributed by atoms with E-state index in [1.807, 2.05) is 24.3 Å². The maximum Gasteiger partial charge on any atom is 0.411 e. The van der Waals surface area contributed by atoms with Crippen LogP contribution < -0.4 is 16.0 Å². The number of benzene rings is 2. The fraction of sp³-hybridized carbons (Fsp3) is 0.417. The lowest BCUT2D eigenvalue weighted by molar-refractivity contribution is 0.187. The molecule has 166 valence electrons. The number of aliphatic imine (C=N–C) groups is 1. The minimum atomic E-state index is -0.475. The molecule has 1 aliphatic rings. The average Bonchev–Trinajstić information content (AvgIpc) is 3.12. The number of guanidine groups is 1. The molecule has 2 aromatic rings. The van der Waals surface area contributed by atoms with E-state index in [1.165, 1.54) is 12.7 Å². The van der Waals surface area contributed by atoms with Crippen LogP contribution in [0, 0.1) is 0 Å². The summed E-state index contributed by atoms with van der Waals surface area (Å²) in [4.78, 5) is 18.6. The van der Waals surface area contributed by atoms with Crippen molar-refractivity contribution in [2.75, 3.05) is 25.5 Å². The van der Waals surface area contributed by atoms with Crippen molar-refractivity contribution in [3.8, 4) is 0 Å². The Balaban J connectivity index is 1.55. The molecule has 3 rings (SSSR count). The molecule has 0 aromatic heterocycles. The number of carbonyl (C=O) groups excluding carboxylic acids is 1. The number of methoxy groups -OCH3 is 1. The number of rotatable bonds is 7. The molecule has 7 nitrogen and oxygen atoms in total. The SMILES string of the molecule is CCNC(=NCc1ccc(NC(=O)OC)cc1)NC1CC(C)N(Cc2ccccc2)C1. The van der Waals surface area contributed by atoms with Crippen molar-refractivity contribution in [3.05, 3.63) is 65.7 Å². The number of hydrogen-bond donors (Lipinski definition) is 3. The first-order valence-electron chi connectivity index (χ1n) is 10.8. The van der Waals surface area contributed by atoms with Crippen LogP contribution in [-0.2, 0) is 17.8 Å². The summed E-state index contributed by atoms with van der Waals surface area (Å²) in [7, 11) is 1.35. The van der Waals surface area contributed by atoms with Crippen molar-refractivity contribution in [1.29, 1.82) is 0 Å². The molecule has 0 bridgehead atoms. The number of anilines is 1. The number of ether oxygens (including phenoxy) is 1. The van der Waals surface area contributed by atoms with Crippen LogP contribution in [-0.4, -0.2) is 49.2 Å². The summed E-state index contributed by atoms with van der Waals surface area (Å²) in [6.07, 6.45) is 0.613. The first kappa shape index (κ1) is 22.6. The molecule has 1 heterocycles. The monoisotopic (exact) mass is 423 g/mol. The summed E-state index contributed by atoms with van der Waals surface area (Å²) < 4.78 is 4.61. The third-order valence-electron chi connectivity index (χ3n) is 5.42. The molecule has 1 saturated heterocycles. The first-order valence-corrected chi connectivity index (χ1v) is 10.8. The van der Waals surface area contributed by atoms with Crippen LogP contribution in [0.2, 0.25) is 0 Å². The van der Waals surface area contributed by atoms with E-state index in [9.17, 15) is 4.79 Å². The Kier molecular flexibility index (Phi) is 8.29. The number of amides is 1. The number of likely N-dealkylation sites (tertiary alicyclic amines) is 1. The van der Waals surface area contributed by atoms with E-state index in [1.54, 1.807) is 0 Å². The second kappa shape index (κ2) is 11.4. The Hall–Kier alpha value is -3.06. The van der Waals surface area contributed by atoms with Crippen molar-refractivity contribution in [2.24, 2.45) is 4.99 Å². The molecule has 1 aliphatic heterocycles. The van der Waals surface area contributed by atoms with Crippen LogP contribution in [0.15, 0.2) is 59.6 Å². The first-order chi connectivity index (χ1) is 15.1. The molecule has 1 amide bonds. The van der Waals surface area contributed by atoms with Gasteiger partial charge in [-0.25, -0.2) is 9.79 Å². The van der Waals surface area contributed by atoms with Crippen LogP contribution in [0.25, 0.3) is 0 Å². The average molecular weight is 424 g/mol. The van der Waals surface area contributed by atoms with Crippen molar-refractivity contribution >= 4 is 17.7 Å². The molecule has 2 aromatic carbocycles. The van der Waals surface area contributed by atoms with E-state index in [0.29, 0.717) is 24.3 Å². The Morgan fingerprint density at radius 3 is 2.55 bits per heavy atom. The quantitative estimate of drug-likeness (QED) is 0.469. The van der Waals surface area contributed by atoms with Crippen LogP contribution in [0.3, 0.4) is 0 Å². The van der Waals surface area contributed by atoms with Gasteiger partial charge >= 0.3 is 6.09 Å². The molecule has 0 saturated carbocycles. The van der Waals surface area contributed by atoms with E-state index in [0.717, 1.165) is 37.6 Å². The molecular weight excluding hydrogens is 390 g/mol. The number of nitrogens with one attached hydrogen (secondary N) is 3. The Bertz CT molecular complexity index is 854. The smallest absolute Gasteiger partial charge is 0.411 e. The fourth-order valence-electron chi connectivity index (χ4n) is 3.79. The summed E-state index contributed by atoms with van der Waals surface area (Å²) in [6, 6.07) is 19.1. The zero-order valence-electron chi connectivity index (χ0n) is 18.6. The summed E-state index contributed by atoms with van der Waals surface area (Å²) >= 11 is 0. The summed E-state index contributed by atoms with van der Waals surface area (Å²) in [5, 5.41) is 9.60. The van der Waals surface area contributed by atoms with E-state index in [4.69, 9.17) is 4.99 Å². The molecule has 2 atom stereocenters. The second-order valence-electron chi connectivity index (χ2n) is 7.85. The predicted molar refractivity (Wildman–Crippen MR) is 125 cm³/mol. The highest BCUT2D eigenvalue weighted by atomic mass is 16.5. The van der Waals surface area contributed by atoms with Crippen LogP contribution in [0.1, 0.15) is 31.4 Å². The molecule has 0 spiro atoms. The van der Waals surface area contributed by atoms with E-state index >= 15 is 0 Å². The lowest BCUT2D eigenvalue weighted by Crippen LogP contribution is -2.44. The van der Waals surface area contributed by atoms with Crippen molar-refractivity contribution < 1.29 is 9.53 Å². The molecular formula is C24H33N5O2. The van der Waals surface area contributed by atoms with Gasteiger partial charge in [-0.1, -0.05) is 42.5 Å². The number of carbonyl (C=O) groups is 1. The van der Waals surface area contributed by atoms with Crippen LogP contribution in [0.4, 0.5) is 10.5 Å². The second-order valence-corrected chi connectivity index (χ2v) is 7.85. The minimum absolute atomic E-state index is 0.364. The van der Waals surface area contributed by atoms with Gasteiger partial charge in [-0.05, 0) is 43.5 Å². The fourth-order valence-corrected chi connectivity index (χ4v) is 3.79. The van der Waals surface area contributed by atoms with E-state index in [2.05, 4.69) is 69.8 Å². The predicted octanol–water partition coefficient (Wildman–Crippen LogP) is 3.58. The van der Waals surface area contributed by atoms with Gasteiger partial charge in [0.1, 0.15) is 0 Å². The van der Waals surface area contributed by atoms with Crippen molar-refractivity contribution in [2.45, 2.75) is 45.4 Å². The van der Waals surface area contributed by atoms with Gasteiger partial charge in [0.25, 0.3) is 0 Å². The summed E-state index contributed by atoms with van der Waals surface area (Å²) in [5.41, 5.74) is 3.11. The molecule has 3 N–H and O–H groups in total. The maximum absolute atomic E-state index is 11.3. The molecule has 1 fully saturated rings. The highest BCUT2D eigenvalue weighted by molar-refractivity contribution is 5.84. The van der Waals surface area contributed by atoms with Gasteiger partial charge in [0.05, 0.1) is 13.7 Å². The highest BCUT2D eigenvalue weighted by Crippen LogP contribution is 2.20. The number of nitrogens with zero attached hydrogens (tertiary/aromatic N) is 2. The van der Waals surface area contributed by atoms with Crippen LogP contribution >= 0.6 is 0 Å². The maximum atomic E-state index is 11.3. The lowest BCUT2D eigenvalue weighted by Gasteiger charge is -2.21. The lowest BCUT2D eigenvalue weighted by atomic mass is 10.2. The van der Waals surface area contributed by atoms with Gasteiger partial charge in [-0.2, -0.15) is 0 Å². The third-order valence-corrected chi connectivity index (χ3v) is 5.42. The summed E-state index contributed by atoms with van der Waals surface area (Å²) in [5.74, 6) is 0.832. The minimum Gasteiger partial charge on any atom is -0.453 e. The van der Waals surface area contributed by atoms with Crippen molar-refractivity contribution in [3.63, 3.8) is 0 Å². The van der Waals surface area contributed by atoms with Gasteiger partial charge in [0, 0.05) is 37.4 Å². The van der Waals surface area contributed by atoms with Gasteiger partial charge in [-0.15, -0.1) is 0 Å². The van der Waals surface area contributed by atoms with E-state index in [-0.39, 0.29) is 0 Å². The Morgan fingerprint density at radius 1 is 1.13 bits per heavy atom. The standard InChI is InChI=1S/C24H33N5O2/c1-4-25-23(26-15-19-10-12-21(13-11-19)28-24(30)31-3)27-22-14-18(2)29(17-22)16-20-8-6-5-7-9-20/h5-13,18,22H,4,14-17H2,1-3H3,(H,28,30)(H2,25,26,27). The third kappa shape index (κ3) is 7.00. The molecule has 31 heavy (non-hydrogen) atoms. The number of hydrogen-bond acceptors (Lipinski definition) is 4. The largest absolute Gasteiger partial charge is 0.453 e. The summed E-state index contributed by atoms with van der Waals surface area (Å²) in [6.45, 7) is 7.70. The van der Waals surface area contributed by atoms with E-state index < -0.39 is 6.09 Å². The Labute approximate surface area is 184 Å². The molecule has 2 unspecified atom stereocenters. The van der Waals surface area contributed by atoms with Gasteiger partial charge in [0.15, 0.2) is 5.96 Å². The van der Waals surface area contributed by atoms with Gasteiger partial charge in [-0.3, -0.25) is 10.2 Å². The topological polar surface area (TPSA) is 78.0 Å². The van der Waals surface area contributed by atoms with Gasteiger partial charge in [0.2, 0.25) is 0 Å². The van der Waals surface area contributed by atoms with Crippen LogP contribution in [0.5, 0.6) is 0 Å². The zero-order chi connectivity index (χ0) is 22.1. The Morgan fingerprint density at radius 2 is 1.87 bits per heavy atom. The molecule has 7 heteroatoms. The molecule has 0 radical (unpaired) electrons.